The molecule has 0 saturated carbocycles. The molecule has 2 heteroatoms. The number of ether oxygens (including phenoxy) is 1. The van der Waals surface area contributed by atoms with Crippen LogP contribution >= 0.6 is 15.9 Å². The molecular formula is C13H25BrO. The number of rotatable bonds is 3. The summed E-state index contributed by atoms with van der Waals surface area (Å²) in [6.07, 6.45) is 2.41. The molecule has 0 aromatic heterocycles. The maximum Gasteiger partial charge on any atom is 0.0665 e. The topological polar surface area (TPSA) is 9.23 Å². The van der Waals surface area contributed by atoms with Gasteiger partial charge in [0, 0.05) is 4.83 Å². The zero-order valence-corrected chi connectivity index (χ0v) is 12.5. The molecule has 1 aliphatic rings. The first-order valence-electron chi connectivity index (χ1n) is 5.98. The third kappa shape index (κ3) is 3.45. The molecule has 0 amide bonds. The SMILES string of the molecule is CC(Br)CC(C)C1CC(C)(C)OC1(C)C. The van der Waals surface area contributed by atoms with Gasteiger partial charge in [-0.05, 0) is 52.4 Å². The van der Waals surface area contributed by atoms with Gasteiger partial charge < -0.3 is 4.74 Å². The molecule has 15 heavy (non-hydrogen) atoms. The van der Waals surface area contributed by atoms with E-state index >= 15 is 0 Å². The first-order chi connectivity index (χ1) is 6.64. The molecule has 1 heterocycles. The van der Waals surface area contributed by atoms with Gasteiger partial charge in [-0.15, -0.1) is 0 Å². The van der Waals surface area contributed by atoms with Crippen LogP contribution in [0.3, 0.4) is 0 Å². The molecule has 0 bridgehead atoms. The van der Waals surface area contributed by atoms with Crippen LogP contribution in [0.1, 0.15) is 54.4 Å². The van der Waals surface area contributed by atoms with Crippen molar-refractivity contribution >= 4 is 15.9 Å². The van der Waals surface area contributed by atoms with Crippen molar-refractivity contribution in [1.82, 2.24) is 0 Å². The summed E-state index contributed by atoms with van der Waals surface area (Å²) in [6, 6.07) is 0. The summed E-state index contributed by atoms with van der Waals surface area (Å²) in [7, 11) is 0. The Bertz CT molecular complexity index is 221. The first kappa shape index (κ1) is 13.5. The average Bonchev–Trinajstić information content (AvgIpc) is 2.17. The molecule has 0 N–H and O–H groups in total. The molecule has 1 nitrogen and oxygen atoms in total. The summed E-state index contributed by atoms with van der Waals surface area (Å²) in [6.45, 7) is 13.5. The Kier molecular flexibility index (Phi) is 3.93. The second-order valence-electron chi connectivity index (χ2n) is 6.27. The lowest BCUT2D eigenvalue weighted by Gasteiger charge is -2.31. The van der Waals surface area contributed by atoms with Crippen molar-refractivity contribution in [2.75, 3.05) is 0 Å². The zero-order chi connectivity index (χ0) is 11.9. The fourth-order valence-electron chi connectivity index (χ4n) is 3.17. The Morgan fingerprint density at radius 3 is 2.13 bits per heavy atom. The van der Waals surface area contributed by atoms with Crippen LogP contribution in [0.15, 0.2) is 0 Å². The van der Waals surface area contributed by atoms with E-state index in [1.807, 2.05) is 0 Å². The number of halogens is 1. The minimum Gasteiger partial charge on any atom is -0.369 e. The predicted molar refractivity (Wildman–Crippen MR) is 69.5 cm³/mol. The summed E-state index contributed by atoms with van der Waals surface area (Å²) < 4.78 is 6.14. The highest BCUT2D eigenvalue weighted by Crippen LogP contribution is 2.46. The molecule has 0 aromatic rings. The van der Waals surface area contributed by atoms with Gasteiger partial charge in [0.25, 0.3) is 0 Å². The van der Waals surface area contributed by atoms with Gasteiger partial charge in [0.15, 0.2) is 0 Å². The Balaban J connectivity index is 2.69. The van der Waals surface area contributed by atoms with Crippen LogP contribution < -0.4 is 0 Å². The molecule has 3 atom stereocenters. The molecule has 1 aliphatic heterocycles. The van der Waals surface area contributed by atoms with Crippen LogP contribution in [0.25, 0.3) is 0 Å². The highest BCUT2D eigenvalue weighted by atomic mass is 79.9. The van der Waals surface area contributed by atoms with Crippen LogP contribution in [0, 0.1) is 11.8 Å². The second-order valence-corrected chi connectivity index (χ2v) is 7.83. The van der Waals surface area contributed by atoms with Crippen molar-refractivity contribution < 1.29 is 4.74 Å². The zero-order valence-electron chi connectivity index (χ0n) is 10.9. The van der Waals surface area contributed by atoms with E-state index in [1.165, 1.54) is 12.8 Å². The van der Waals surface area contributed by atoms with E-state index < -0.39 is 0 Å². The Hall–Kier alpha value is 0.440. The van der Waals surface area contributed by atoms with Crippen molar-refractivity contribution in [1.29, 1.82) is 0 Å². The van der Waals surface area contributed by atoms with E-state index in [0.29, 0.717) is 10.7 Å². The smallest absolute Gasteiger partial charge is 0.0665 e. The number of alkyl halides is 1. The summed E-state index contributed by atoms with van der Waals surface area (Å²) >= 11 is 3.65. The highest BCUT2D eigenvalue weighted by Gasteiger charge is 2.47. The third-order valence-corrected chi connectivity index (χ3v) is 3.90. The van der Waals surface area contributed by atoms with E-state index in [1.54, 1.807) is 0 Å². The van der Waals surface area contributed by atoms with Crippen LogP contribution in [0.4, 0.5) is 0 Å². The van der Waals surface area contributed by atoms with Crippen molar-refractivity contribution in [3.8, 4) is 0 Å². The van der Waals surface area contributed by atoms with Crippen molar-refractivity contribution in [3.63, 3.8) is 0 Å². The van der Waals surface area contributed by atoms with Crippen molar-refractivity contribution in [2.45, 2.75) is 70.4 Å². The molecule has 90 valence electrons. The Morgan fingerprint density at radius 2 is 1.80 bits per heavy atom. The molecule has 1 saturated heterocycles. The monoisotopic (exact) mass is 276 g/mol. The Labute approximate surface area is 103 Å². The normalized spacial score (nSPS) is 32.6. The molecule has 1 rings (SSSR count). The summed E-state index contributed by atoms with van der Waals surface area (Å²) in [4.78, 5) is 0.604. The fourth-order valence-corrected chi connectivity index (χ4v) is 3.76. The van der Waals surface area contributed by atoms with E-state index in [9.17, 15) is 0 Å². The molecule has 1 fully saturated rings. The van der Waals surface area contributed by atoms with Gasteiger partial charge in [0.05, 0.1) is 11.2 Å². The molecule has 0 aliphatic carbocycles. The van der Waals surface area contributed by atoms with E-state index in [4.69, 9.17) is 4.74 Å². The van der Waals surface area contributed by atoms with Gasteiger partial charge in [-0.3, -0.25) is 0 Å². The molecule has 0 aromatic carbocycles. The standard InChI is InChI=1S/C13H25BrO/c1-9(7-10(2)14)11-8-12(3,4)15-13(11,5)6/h9-11H,7-8H2,1-6H3. The molecule has 3 unspecified atom stereocenters. The summed E-state index contributed by atoms with van der Waals surface area (Å²) in [5.41, 5.74) is 0.0861. The van der Waals surface area contributed by atoms with Crippen LogP contribution in [0.5, 0.6) is 0 Å². The lowest BCUT2D eigenvalue weighted by atomic mass is 9.77. The summed E-state index contributed by atoms with van der Waals surface area (Å²) in [5.74, 6) is 1.39. The number of hydrogen-bond acceptors (Lipinski definition) is 1. The fraction of sp³-hybridized carbons (Fsp3) is 1.00. The predicted octanol–water partition coefficient (Wildman–Crippen LogP) is 4.39. The summed E-state index contributed by atoms with van der Waals surface area (Å²) in [5, 5.41) is 0. The van der Waals surface area contributed by atoms with Crippen LogP contribution in [0.2, 0.25) is 0 Å². The minimum absolute atomic E-state index is 0.0325. The quantitative estimate of drug-likeness (QED) is 0.695. The maximum absolute atomic E-state index is 6.14. The first-order valence-corrected chi connectivity index (χ1v) is 6.90. The minimum atomic E-state index is 0.0325. The van der Waals surface area contributed by atoms with E-state index in [0.717, 1.165) is 5.92 Å². The third-order valence-electron chi connectivity index (χ3n) is 3.53. The lowest BCUT2D eigenvalue weighted by Crippen LogP contribution is -2.33. The maximum atomic E-state index is 6.14. The highest BCUT2D eigenvalue weighted by molar-refractivity contribution is 9.09. The van der Waals surface area contributed by atoms with E-state index in [2.05, 4.69) is 57.5 Å². The Morgan fingerprint density at radius 1 is 1.27 bits per heavy atom. The van der Waals surface area contributed by atoms with Crippen LogP contribution in [-0.4, -0.2) is 16.0 Å². The second kappa shape index (κ2) is 4.37. The van der Waals surface area contributed by atoms with Gasteiger partial charge in [-0.1, -0.05) is 29.8 Å². The molecule has 0 radical (unpaired) electrons. The van der Waals surface area contributed by atoms with Crippen molar-refractivity contribution in [2.24, 2.45) is 11.8 Å². The molecular weight excluding hydrogens is 252 g/mol. The average molecular weight is 277 g/mol. The van der Waals surface area contributed by atoms with Crippen molar-refractivity contribution in [3.05, 3.63) is 0 Å². The molecule has 0 spiro atoms. The lowest BCUT2D eigenvalue weighted by molar-refractivity contribution is -0.0794. The van der Waals surface area contributed by atoms with Gasteiger partial charge in [0.2, 0.25) is 0 Å². The number of hydrogen-bond donors (Lipinski definition) is 0. The van der Waals surface area contributed by atoms with Crippen LogP contribution in [-0.2, 0) is 4.74 Å². The largest absolute Gasteiger partial charge is 0.369 e. The van der Waals surface area contributed by atoms with E-state index in [-0.39, 0.29) is 11.2 Å². The van der Waals surface area contributed by atoms with Gasteiger partial charge in [-0.2, -0.15) is 0 Å². The van der Waals surface area contributed by atoms with Gasteiger partial charge >= 0.3 is 0 Å². The van der Waals surface area contributed by atoms with Gasteiger partial charge in [-0.25, -0.2) is 0 Å². The van der Waals surface area contributed by atoms with Gasteiger partial charge in [0.1, 0.15) is 0 Å².